The molecule has 1 aliphatic heterocycles. The molecule has 0 unspecified atom stereocenters. The molecule has 0 atom stereocenters. The largest absolute Gasteiger partial charge is 0.337 e. The Balaban J connectivity index is 2.18. The Morgan fingerprint density at radius 2 is 2.47 bits per heavy atom. The van der Waals surface area contributed by atoms with Crippen LogP contribution in [0.5, 0.6) is 0 Å². The number of halogens is 1. The Labute approximate surface area is 102 Å². The second-order valence-corrected chi connectivity index (χ2v) is 5.55. The summed E-state index contributed by atoms with van der Waals surface area (Å²) in [7, 11) is 0. The van der Waals surface area contributed by atoms with Crippen molar-refractivity contribution in [3.05, 3.63) is 21.4 Å². The first-order valence-electron chi connectivity index (χ1n) is 5.12. The monoisotopic (exact) mass is 287 g/mol. The van der Waals surface area contributed by atoms with Crippen LogP contribution in [0.1, 0.15) is 22.9 Å². The average molecular weight is 288 g/mol. The number of amides is 1. The topological polar surface area (TPSA) is 20.3 Å². The van der Waals surface area contributed by atoms with Crippen LogP contribution >= 0.6 is 27.3 Å². The second kappa shape index (κ2) is 4.66. The van der Waals surface area contributed by atoms with E-state index < -0.39 is 0 Å². The molecular weight excluding hydrogens is 274 g/mol. The molecular formula is C11H14BrNOS. The van der Waals surface area contributed by atoms with E-state index >= 15 is 0 Å². The summed E-state index contributed by atoms with van der Waals surface area (Å²) in [4.78, 5) is 14.6. The van der Waals surface area contributed by atoms with E-state index in [1.807, 2.05) is 4.90 Å². The van der Waals surface area contributed by atoms with Gasteiger partial charge in [-0.1, -0.05) is 15.9 Å². The molecule has 0 radical (unpaired) electrons. The number of nitrogens with zero attached hydrogens (tertiary/aromatic N) is 1. The van der Waals surface area contributed by atoms with E-state index in [-0.39, 0.29) is 5.91 Å². The Kier molecular flexibility index (Phi) is 3.46. The molecule has 0 bridgehead atoms. The van der Waals surface area contributed by atoms with E-state index in [1.54, 1.807) is 18.3 Å². The van der Waals surface area contributed by atoms with Crippen LogP contribution in [-0.4, -0.2) is 22.7 Å². The highest BCUT2D eigenvalue weighted by molar-refractivity contribution is 9.09. The minimum Gasteiger partial charge on any atom is -0.337 e. The predicted octanol–water partition coefficient (Wildman–Crippen LogP) is 2.59. The summed E-state index contributed by atoms with van der Waals surface area (Å²) in [6.07, 6.45) is 2.13. The highest BCUT2D eigenvalue weighted by Crippen LogP contribution is 2.29. The molecule has 2 nitrogen and oxygen atoms in total. The third-order valence-electron chi connectivity index (χ3n) is 2.84. The van der Waals surface area contributed by atoms with Crippen molar-refractivity contribution in [3.63, 3.8) is 0 Å². The van der Waals surface area contributed by atoms with Crippen molar-refractivity contribution in [1.82, 2.24) is 4.90 Å². The van der Waals surface area contributed by atoms with Gasteiger partial charge in [0.15, 0.2) is 0 Å². The molecule has 0 aromatic carbocycles. The molecule has 2 rings (SSSR count). The Hall–Kier alpha value is -0.350. The maximum atomic E-state index is 11.3. The summed E-state index contributed by atoms with van der Waals surface area (Å²) in [5, 5.41) is 3.27. The lowest BCUT2D eigenvalue weighted by Gasteiger charge is -2.26. The average Bonchev–Trinajstić information content (AvgIpc) is 2.61. The zero-order valence-electron chi connectivity index (χ0n) is 8.75. The molecule has 0 N–H and O–H groups in total. The number of fused-ring (bicyclic) bond motifs is 1. The predicted molar refractivity (Wildman–Crippen MR) is 66.6 cm³/mol. The lowest BCUT2D eigenvalue weighted by Crippen LogP contribution is -2.33. The van der Waals surface area contributed by atoms with Crippen LogP contribution in [0.3, 0.4) is 0 Å². The number of hydrogen-bond acceptors (Lipinski definition) is 2. The minimum atomic E-state index is 0.191. The normalized spacial score (nSPS) is 15.2. The van der Waals surface area contributed by atoms with Gasteiger partial charge >= 0.3 is 0 Å². The van der Waals surface area contributed by atoms with Crippen LogP contribution < -0.4 is 0 Å². The van der Waals surface area contributed by atoms with Gasteiger partial charge in [-0.2, -0.15) is 0 Å². The Bertz CT molecular complexity index is 375. The van der Waals surface area contributed by atoms with Crippen molar-refractivity contribution in [2.45, 2.75) is 26.3 Å². The quantitative estimate of drug-likeness (QED) is 0.766. The smallest absolute Gasteiger partial charge is 0.219 e. The van der Waals surface area contributed by atoms with Crippen molar-refractivity contribution in [1.29, 1.82) is 0 Å². The number of carbonyl (C=O) groups excluding carboxylic acids is 1. The molecule has 0 saturated heterocycles. The van der Waals surface area contributed by atoms with Crippen LogP contribution in [-0.2, 0) is 24.2 Å². The number of rotatable bonds is 2. The molecule has 1 amide bonds. The fraction of sp³-hybridized carbons (Fsp3) is 0.545. The molecule has 82 valence electrons. The third kappa shape index (κ3) is 2.26. The molecule has 0 fully saturated rings. The van der Waals surface area contributed by atoms with Crippen LogP contribution in [0, 0.1) is 0 Å². The van der Waals surface area contributed by atoms with Crippen molar-refractivity contribution in [3.8, 4) is 0 Å². The lowest BCUT2D eigenvalue weighted by atomic mass is 10.0. The first kappa shape index (κ1) is 11.1. The van der Waals surface area contributed by atoms with Gasteiger partial charge in [0.25, 0.3) is 0 Å². The number of alkyl halides is 1. The molecule has 0 saturated carbocycles. The van der Waals surface area contributed by atoms with E-state index in [9.17, 15) is 4.79 Å². The van der Waals surface area contributed by atoms with Crippen molar-refractivity contribution >= 4 is 33.2 Å². The minimum absolute atomic E-state index is 0.191. The molecule has 2 heterocycles. The van der Waals surface area contributed by atoms with Gasteiger partial charge in [0.1, 0.15) is 0 Å². The summed E-state index contributed by atoms with van der Waals surface area (Å²) >= 11 is 5.27. The zero-order chi connectivity index (χ0) is 10.8. The molecule has 0 aliphatic carbocycles. The van der Waals surface area contributed by atoms with Gasteiger partial charge in [-0.15, -0.1) is 11.3 Å². The molecule has 0 spiro atoms. The Morgan fingerprint density at radius 1 is 1.67 bits per heavy atom. The van der Waals surface area contributed by atoms with Gasteiger partial charge in [0.05, 0.1) is 6.54 Å². The number of thiophene rings is 1. The highest BCUT2D eigenvalue weighted by Gasteiger charge is 2.21. The summed E-state index contributed by atoms with van der Waals surface area (Å²) < 4.78 is 0. The van der Waals surface area contributed by atoms with Gasteiger partial charge in [0, 0.05) is 23.7 Å². The van der Waals surface area contributed by atoms with Gasteiger partial charge in [0.2, 0.25) is 5.91 Å². The maximum absolute atomic E-state index is 11.3. The summed E-state index contributed by atoms with van der Waals surface area (Å²) in [5.74, 6) is 0.191. The molecule has 15 heavy (non-hydrogen) atoms. The number of aryl methyl sites for hydroxylation is 1. The molecule has 1 aromatic heterocycles. The third-order valence-corrected chi connectivity index (χ3v) is 4.30. The van der Waals surface area contributed by atoms with E-state index in [1.165, 1.54) is 16.0 Å². The van der Waals surface area contributed by atoms with Gasteiger partial charge in [-0.05, 0) is 29.3 Å². The lowest BCUT2D eigenvalue weighted by molar-refractivity contribution is -0.129. The van der Waals surface area contributed by atoms with Gasteiger partial charge in [-0.25, -0.2) is 0 Å². The maximum Gasteiger partial charge on any atom is 0.219 e. The summed E-state index contributed by atoms with van der Waals surface area (Å²) in [5.41, 5.74) is 2.96. The highest BCUT2D eigenvalue weighted by atomic mass is 79.9. The van der Waals surface area contributed by atoms with Crippen molar-refractivity contribution in [2.24, 2.45) is 0 Å². The standard InChI is InChI=1S/C11H14BrNOS/c1-8(14)13-5-3-10-9(2-4-12)7-15-11(10)6-13/h7H,2-6H2,1H3. The van der Waals surface area contributed by atoms with Gasteiger partial charge in [-0.3, -0.25) is 4.79 Å². The fourth-order valence-electron chi connectivity index (χ4n) is 1.98. The first-order valence-corrected chi connectivity index (χ1v) is 7.12. The molecule has 4 heteroatoms. The Morgan fingerprint density at radius 3 is 3.13 bits per heavy atom. The molecule has 1 aromatic rings. The van der Waals surface area contributed by atoms with Crippen molar-refractivity contribution in [2.75, 3.05) is 11.9 Å². The second-order valence-electron chi connectivity index (χ2n) is 3.79. The van der Waals surface area contributed by atoms with Gasteiger partial charge < -0.3 is 4.90 Å². The van der Waals surface area contributed by atoms with Crippen LogP contribution in [0.4, 0.5) is 0 Å². The number of carbonyl (C=O) groups is 1. The summed E-state index contributed by atoms with van der Waals surface area (Å²) in [6, 6.07) is 0. The van der Waals surface area contributed by atoms with E-state index in [2.05, 4.69) is 21.3 Å². The SMILES string of the molecule is CC(=O)N1CCc2c(CCBr)csc2C1. The first-order chi connectivity index (χ1) is 7.22. The van der Waals surface area contributed by atoms with Crippen LogP contribution in [0.25, 0.3) is 0 Å². The fourth-order valence-corrected chi connectivity index (χ4v) is 3.55. The van der Waals surface area contributed by atoms with E-state index in [0.29, 0.717) is 0 Å². The van der Waals surface area contributed by atoms with E-state index in [4.69, 9.17) is 0 Å². The zero-order valence-corrected chi connectivity index (χ0v) is 11.2. The number of hydrogen-bond donors (Lipinski definition) is 0. The van der Waals surface area contributed by atoms with Crippen LogP contribution in [0.2, 0.25) is 0 Å². The van der Waals surface area contributed by atoms with Crippen LogP contribution in [0.15, 0.2) is 5.38 Å². The van der Waals surface area contributed by atoms with Crippen molar-refractivity contribution < 1.29 is 4.79 Å². The summed E-state index contributed by atoms with van der Waals surface area (Å²) in [6.45, 7) is 3.35. The molecule has 1 aliphatic rings. The van der Waals surface area contributed by atoms with E-state index in [0.717, 1.165) is 31.3 Å².